The van der Waals surface area contributed by atoms with Crippen LogP contribution in [0.25, 0.3) is 0 Å². The monoisotopic (exact) mass is 410 g/mol. The molecule has 0 spiro atoms. The highest BCUT2D eigenvalue weighted by Crippen LogP contribution is 2.18. The highest BCUT2D eigenvalue weighted by Gasteiger charge is 2.04. The van der Waals surface area contributed by atoms with E-state index >= 15 is 0 Å². The maximum atomic E-state index is 11.8. The molecule has 2 rings (SSSR count). The van der Waals surface area contributed by atoms with Gasteiger partial charge in [-0.25, -0.2) is 4.79 Å². The highest BCUT2D eigenvalue weighted by molar-refractivity contribution is 14.1. The summed E-state index contributed by atoms with van der Waals surface area (Å²) in [5.41, 5.74) is 1.88. The summed E-state index contributed by atoms with van der Waals surface area (Å²) in [6.07, 6.45) is 0.732. The predicted octanol–water partition coefficient (Wildman–Crippen LogP) is 4.05. The first-order valence-electron chi connectivity index (χ1n) is 7.20. The number of hydrogen-bond acceptors (Lipinski definition) is 2. The molecular formula is C17H19IN2O2. The molecule has 116 valence electrons. The molecule has 22 heavy (non-hydrogen) atoms. The number of carbonyl (C=O) groups excluding carboxylic acids is 1. The van der Waals surface area contributed by atoms with Crippen molar-refractivity contribution in [2.75, 3.05) is 18.5 Å². The van der Waals surface area contributed by atoms with Gasteiger partial charge in [-0.2, -0.15) is 0 Å². The summed E-state index contributed by atoms with van der Waals surface area (Å²) in [6, 6.07) is 15.4. The van der Waals surface area contributed by atoms with Crippen LogP contribution >= 0.6 is 22.6 Å². The summed E-state index contributed by atoms with van der Waals surface area (Å²) in [6.45, 7) is 3.15. The van der Waals surface area contributed by atoms with Crippen molar-refractivity contribution >= 4 is 34.3 Å². The molecule has 2 amide bonds. The van der Waals surface area contributed by atoms with Gasteiger partial charge in [0.05, 0.1) is 6.61 Å². The first-order valence-corrected chi connectivity index (χ1v) is 8.28. The standard InChI is InChI=1S/C17H19IN2O2/c1-2-22-16-6-4-3-5-13(16)11-12-19-17(21)20-15-9-7-14(18)8-10-15/h3-10H,2,11-12H2,1H3,(H2,19,20,21). The van der Waals surface area contributed by atoms with E-state index in [0.29, 0.717) is 13.2 Å². The molecule has 2 aromatic carbocycles. The summed E-state index contributed by atoms with van der Waals surface area (Å²) in [5, 5.41) is 5.67. The number of ether oxygens (including phenoxy) is 1. The van der Waals surface area contributed by atoms with Crippen molar-refractivity contribution in [3.8, 4) is 5.75 Å². The zero-order valence-electron chi connectivity index (χ0n) is 12.4. The third-order valence-electron chi connectivity index (χ3n) is 3.05. The van der Waals surface area contributed by atoms with E-state index in [4.69, 9.17) is 4.74 Å². The topological polar surface area (TPSA) is 50.4 Å². The normalized spacial score (nSPS) is 10.1. The van der Waals surface area contributed by atoms with Crippen LogP contribution in [0.3, 0.4) is 0 Å². The smallest absolute Gasteiger partial charge is 0.319 e. The Morgan fingerprint density at radius 2 is 1.86 bits per heavy atom. The third-order valence-corrected chi connectivity index (χ3v) is 3.77. The summed E-state index contributed by atoms with van der Waals surface area (Å²) in [4.78, 5) is 11.8. The fourth-order valence-corrected chi connectivity index (χ4v) is 2.39. The van der Waals surface area contributed by atoms with Crippen molar-refractivity contribution in [3.05, 3.63) is 57.7 Å². The number of anilines is 1. The van der Waals surface area contributed by atoms with Crippen LogP contribution in [0.5, 0.6) is 5.75 Å². The van der Waals surface area contributed by atoms with Gasteiger partial charge in [0.2, 0.25) is 0 Å². The minimum Gasteiger partial charge on any atom is -0.494 e. The molecule has 0 aromatic heterocycles. The maximum absolute atomic E-state index is 11.8. The summed E-state index contributed by atoms with van der Waals surface area (Å²) >= 11 is 2.23. The van der Waals surface area contributed by atoms with Gasteiger partial charge >= 0.3 is 6.03 Å². The van der Waals surface area contributed by atoms with E-state index in [1.54, 1.807) is 0 Å². The van der Waals surface area contributed by atoms with E-state index in [0.717, 1.165) is 27.0 Å². The molecule has 0 heterocycles. The van der Waals surface area contributed by atoms with Crippen LogP contribution in [-0.4, -0.2) is 19.2 Å². The Bertz CT molecular complexity index is 614. The fraction of sp³-hybridized carbons (Fsp3) is 0.235. The van der Waals surface area contributed by atoms with Crippen LogP contribution in [0, 0.1) is 3.57 Å². The number of para-hydroxylation sites is 1. The number of urea groups is 1. The molecule has 0 fully saturated rings. The lowest BCUT2D eigenvalue weighted by molar-refractivity contribution is 0.252. The number of carbonyl (C=O) groups is 1. The molecule has 5 heteroatoms. The molecule has 2 aromatic rings. The van der Waals surface area contributed by atoms with Crippen molar-refractivity contribution < 1.29 is 9.53 Å². The molecule has 0 aliphatic rings. The van der Waals surface area contributed by atoms with Crippen LogP contribution in [0.1, 0.15) is 12.5 Å². The minimum atomic E-state index is -0.199. The van der Waals surface area contributed by atoms with E-state index in [9.17, 15) is 4.79 Å². The largest absolute Gasteiger partial charge is 0.494 e. The van der Waals surface area contributed by atoms with Crippen LogP contribution in [0.4, 0.5) is 10.5 Å². The Morgan fingerprint density at radius 1 is 1.14 bits per heavy atom. The molecular weight excluding hydrogens is 391 g/mol. The maximum Gasteiger partial charge on any atom is 0.319 e. The van der Waals surface area contributed by atoms with E-state index in [-0.39, 0.29) is 6.03 Å². The molecule has 0 saturated carbocycles. The lowest BCUT2D eigenvalue weighted by Crippen LogP contribution is -2.30. The second-order valence-corrected chi connectivity index (χ2v) is 5.92. The van der Waals surface area contributed by atoms with Crippen molar-refractivity contribution in [2.45, 2.75) is 13.3 Å². The number of amides is 2. The Labute approximate surface area is 144 Å². The Hall–Kier alpha value is -1.76. The number of benzene rings is 2. The van der Waals surface area contributed by atoms with Crippen LogP contribution in [0.2, 0.25) is 0 Å². The molecule has 0 aliphatic carbocycles. The van der Waals surface area contributed by atoms with Gasteiger partial charge in [0.15, 0.2) is 0 Å². The molecule has 4 nitrogen and oxygen atoms in total. The first kappa shape index (κ1) is 16.6. The van der Waals surface area contributed by atoms with Gasteiger partial charge in [-0.05, 0) is 71.8 Å². The lowest BCUT2D eigenvalue weighted by atomic mass is 10.1. The number of hydrogen-bond donors (Lipinski definition) is 2. The molecule has 0 unspecified atom stereocenters. The van der Waals surface area contributed by atoms with E-state index in [1.165, 1.54) is 0 Å². The Balaban J connectivity index is 1.81. The van der Waals surface area contributed by atoms with Crippen LogP contribution < -0.4 is 15.4 Å². The molecule has 2 N–H and O–H groups in total. The molecule has 0 radical (unpaired) electrons. The lowest BCUT2D eigenvalue weighted by Gasteiger charge is -2.11. The predicted molar refractivity (Wildman–Crippen MR) is 97.5 cm³/mol. The quantitative estimate of drug-likeness (QED) is 0.706. The first-order chi connectivity index (χ1) is 10.7. The zero-order valence-corrected chi connectivity index (χ0v) is 14.6. The number of rotatable bonds is 6. The van der Waals surface area contributed by atoms with Gasteiger partial charge in [-0.3, -0.25) is 0 Å². The van der Waals surface area contributed by atoms with Crippen LogP contribution in [-0.2, 0) is 6.42 Å². The average Bonchev–Trinajstić information content (AvgIpc) is 2.51. The summed E-state index contributed by atoms with van der Waals surface area (Å²) < 4.78 is 6.71. The van der Waals surface area contributed by atoms with Crippen molar-refractivity contribution in [1.82, 2.24) is 5.32 Å². The Kier molecular flexibility index (Phi) is 6.51. The van der Waals surface area contributed by atoms with E-state index in [1.807, 2.05) is 55.5 Å². The molecule has 0 saturated heterocycles. The molecule has 0 atom stereocenters. The SMILES string of the molecule is CCOc1ccccc1CCNC(=O)Nc1ccc(I)cc1. The highest BCUT2D eigenvalue weighted by atomic mass is 127. The summed E-state index contributed by atoms with van der Waals surface area (Å²) in [5.74, 6) is 0.879. The van der Waals surface area contributed by atoms with Gasteiger partial charge in [-0.15, -0.1) is 0 Å². The van der Waals surface area contributed by atoms with Crippen molar-refractivity contribution in [1.29, 1.82) is 0 Å². The number of halogens is 1. The fourth-order valence-electron chi connectivity index (χ4n) is 2.03. The van der Waals surface area contributed by atoms with Crippen molar-refractivity contribution in [3.63, 3.8) is 0 Å². The van der Waals surface area contributed by atoms with Gasteiger partial charge in [-0.1, -0.05) is 18.2 Å². The van der Waals surface area contributed by atoms with Crippen LogP contribution in [0.15, 0.2) is 48.5 Å². The van der Waals surface area contributed by atoms with Gasteiger partial charge in [0.1, 0.15) is 5.75 Å². The Morgan fingerprint density at radius 3 is 2.59 bits per heavy atom. The van der Waals surface area contributed by atoms with Gasteiger partial charge in [0.25, 0.3) is 0 Å². The van der Waals surface area contributed by atoms with E-state index < -0.39 is 0 Å². The third kappa shape index (κ3) is 5.22. The van der Waals surface area contributed by atoms with Gasteiger partial charge in [0, 0.05) is 15.8 Å². The zero-order chi connectivity index (χ0) is 15.8. The second-order valence-electron chi connectivity index (χ2n) is 4.68. The van der Waals surface area contributed by atoms with E-state index in [2.05, 4.69) is 33.2 Å². The van der Waals surface area contributed by atoms with Crippen molar-refractivity contribution in [2.24, 2.45) is 0 Å². The number of nitrogens with one attached hydrogen (secondary N) is 2. The molecule has 0 bridgehead atoms. The second kappa shape index (κ2) is 8.63. The summed E-state index contributed by atoms with van der Waals surface area (Å²) in [7, 11) is 0. The average molecular weight is 410 g/mol. The molecule has 0 aliphatic heterocycles. The minimum absolute atomic E-state index is 0.199. The van der Waals surface area contributed by atoms with Gasteiger partial charge < -0.3 is 15.4 Å².